The quantitative estimate of drug-likeness (QED) is 0.0759. The highest BCUT2D eigenvalue weighted by molar-refractivity contribution is 5.90. The van der Waals surface area contributed by atoms with Crippen molar-refractivity contribution in [2.45, 2.75) is 67.8 Å². The summed E-state index contributed by atoms with van der Waals surface area (Å²) in [6.07, 6.45) is -18.7. The van der Waals surface area contributed by atoms with Crippen LogP contribution < -0.4 is 14.9 Å². The maximum Gasteiger partial charge on any atom is 0.317 e. The van der Waals surface area contributed by atoms with Crippen molar-refractivity contribution in [2.24, 2.45) is 0 Å². The van der Waals surface area contributed by atoms with Gasteiger partial charge >= 0.3 is 11.9 Å². The molecule has 266 valence electrons. The maximum absolute atomic E-state index is 13.9. The second-order valence-corrected chi connectivity index (χ2v) is 11.2. The first-order valence-corrected chi connectivity index (χ1v) is 14.5. The molecule has 2 aliphatic rings. The van der Waals surface area contributed by atoms with Crippen molar-refractivity contribution in [3.63, 3.8) is 0 Å². The number of esters is 1. The van der Waals surface area contributed by atoms with Crippen LogP contribution in [-0.2, 0) is 23.8 Å². The number of aliphatic hydroxyl groups is 7. The highest BCUT2D eigenvalue weighted by Gasteiger charge is 2.47. The Hall–Kier alpha value is -4.57. The van der Waals surface area contributed by atoms with Crippen LogP contribution in [0.3, 0.4) is 0 Å². The van der Waals surface area contributed by atoms with E-state index in [0.29, 0.717) is 0 Å². The predicted molar refractivity (Wildman–Crippen MR) is 156 cm³/mol. The molecule has 49 heavy (non-hydrogen) atoms. The number of carbonyl (C=O) groups is 2. The molecule has 0 saturated carbocycles. The van der Waals surface area contributed by atoms with Crippen LogP contribution in [0.15, 0.2) is 45.6 Å². The SMILES string of the molecule is O=C(O)CC(=O)OCC1O[C@@H](Oc2c(-c3ccc(O)cc3)oc3cc(O[C@@H]4OC(CO)[C@@H](O)[C@H](O)C4O)cc(O)c3c2=O)C(O)C(O)[C@@H]1O. The highest BCUT2D eigenvalue weighted by atomic mass is 16.7. The molecule has 2 saturated heterocycles. The van der Waals surface area contributed by atoms with Gasteiger partial charge in [0, 0.05) is 17.7 Å². The molecule has 10 N–H and O–H groups in total. The molecule has 5 rings (SSSR count). The van der Waals surface area contributed by atoms with E-state index in [1.807, 2.05) is 0 Å². The second-order valence-electron chi connectivity index (χ2n) is 11.2. The Morgan fingerprint density at radius 3 is 1.98 bits per heavy atom. The lowest BCUT2D eigenvalue weighted by atomic mass is 9.99. The standard InChI is InChI=1S/C30H32O19/c31-8-15-20(37)23(40)25(42)29(47-15)45-12-5-13(33)19-14(6-12)46-27(10-1-3-11(32)4-2-10)28(22(19)39)49-30-26(43)24(41)21(38)16(48-30)9-44-18(36)7-17(34)35/h1-6,15-16,20-21,23-26,29-33,37-38,40-43H,7-9H2,(H,34,35)/t15?,16?,20-,21-,23+,24?,25?,26?,29-,30+/m1/s1. The van der Waals surface area contributed by atoms with Crippen LogP contribution in [-0.4, -0.2) is 138 Å². The highest BCUT2D eigenvalue weighted by Crippen LogP contribution is 2.38. The Bertz CT molecular complexity index is 1720. The fourth-order valence-corrected chi connectivity index (χ4v) is 5.15. The van der Waals surface area contributed by atoms with E-state index in [4.69, 9.17) is 33.2 Å². The Kier molecular flexibility index (Phi) is 10.6. The zero-order valence-corrected chi connectivity index (χ0v) is 25.0. The lowest BCUT2D eigenvalue weighted by Crippen LogP contribution is -2.60. The number of phenolic OH excluding ortho intramolecular Hbond substituents is 2. The number of aliphatic hydroxyl groups excluding tert-OH is 7. The molecule has 3 aromatic rings. The van der Waals surface area contributed by atoms with Gasteiger partial charge in [0.1, 0.15) is 90.1 Å². The molecule has 0 amide bonds. The van der Waals surface area contributed by atoms with Gasteiger partial charge in [0.2, 0.25) is 23.8 Å². The average molecular weight is 697 g/mol. The van der Waals surface area contributed by atoms with E-state index in [2.05, 4.69) is 0 Å². The third kappa shape index (κ3) is 7.39. The van der Waals surface area contributed by atoms with Gasteiger partial charge in [-0.05, 0) is 24.3 Å². The van der Waals surface area contributed by atoms with Crippen LogP contribution >= 0.6 is 0 Å². The topological polar surface area (TPSA) is 313 Å². The lowest BCUT2D eigenvalue weighted by molar-refractivity contribution is -0.278. The third-order valence-electron chi connectivity index (χ3n) is 7.74. The zero-order chi connectivity index (χ0) is 35.7. The Balaban J connectivity index is 1.51. The molecular weight excluding hydrogens is 664 g/mol. The zero-order valence-electron chi connectivity index (χ0n) is 25.0. The van der Waals surface area contributed by atoms with E-state index in [0.717, 1.165) is 12.1 Å². The lowest BCUT2D eigenvalue weighted by Gasteiger charge is -2.39. The molecule has 5 unspecified atom stereocenters. The molecule has 19 heteroatoms. The minimum absolute atomic E-state index is 0.0941. The molecule has 0 bridgehead atoms. The van der Waals surface area contributed by atoms with Gasteiger partial charge in [-0.15, -0.1) is 0 Å². The first kappa shape index (κ1) is 35.7. The van der Waals surface area contributed by atoms with Gasteiger partial charge in [-0.25, -0.2) is 0 Å². The largest absolute Gasteiger partial charge is 0.508 e. The number of aliphatic carboxylic acids is 1. The first-order chi connectivity index (χ1) is 23.2. The average Bonchev–Trinajstić information content (AvgIpc) is 3.05. The number of aromatic hydroxyl groups is 2. The van der Waals surface area contributed by atoms with Gasteiger partial charge in [-0.3, -0.25) is 14.4 Å². The van der Waals surface area contributed by atoms with Crippen molar-refractivity contribution in [1.29, 1.82) is 0 Å². The minimum atomic E-state index is -2.02. The van der Waals surface area contributed by atoms with Crippen molar-refractivity contribution in [3.05, 3.63) is 46.6 Å². The number of fused-ring (bicyclic) bond motifs is 1. The number of rotatable bonds is 10. The fourth-order valence-electron chi connectivity index (χ4n) is 5.15. The molecule has 3 heterocycles. The Labute approximate surface area is 273 Å². The molecular formula is C30H32O19. The smallest absolute Gasteiger partial charge is 0.317 e. The van der Waals surface area contributed by atoms with Crippen LogP contribution in [0.25, 0.3) is 22.3 Å². The van der Waals surface area contributed by atoms with Gasteiger partial charge < -0.3 is 79.2 Å². The van der Waals surface area contributed by atoms with Gasteiger partial charge in [-0.2, -0.15) is 0 Å². The second kappa shape index (κ2) is 14.5. The van der Waals surface area contributed by atoms with Crippen molar-refractivity contribution >= 4 is 22.9 Å². The summed E-state index contributed by atoms with van der Waals surface area (Å²) in [5, 5.41) is 100. The van der Waals surface area contributed by atoms with Crippen LogP contribution in [0.4, 0.5) is 0 Å². The summed E-state index contributed by atoms with van der Waals surface area (Å²) in [6.45, 7) is -1.53. The maximum atomic E-state index is 13.9. The van der Waals surface area contributed by atoms with Crippen LogP contribution in [0.2, 0.25) is 0 Å². The van der Waals surface area contributed by atoms with Crippen molar-refractivity contribution < 1.29 is 88.8 Å². The van der Waals surface area contributed by atoms with Gasteiger partial charge in [0.25, 0.3) is 0 Å². The fraction of sp³-hybridized carbons (Fsp3) is 0.433. The summed E-state index contributed by atoms with van der Waals surface area (Å²) in [5.74, 6) is -4.98. The number of carboxylic acids is 1. The molecule has 2 aromatic carbocycles. The van der Waals surface area contributed by atoms with E-state index in [1.54, 1.807) is 0 Å². The van der Waals surface area contributed by atoms with Gasteiger partial charge in [0.05, 0.1) is 6.61 Å². The number of carbonyl (C=O) groups excluding carboxylic acids is 1. The van der Waals surface area contributed by atoms with Gasteiger partial charge in [0.15, 0.2) is 5.76 Å². The molecule has 2 fully saturated rings. The van der Waals surface area contributed by atoms with E-state index < -0.39 is 115 Å². The van der Waals surface area contributed by atoms with Crippen molar-refractivity contribution in [2.75, 3.05) is 13.2 Å². The summed E-state index contributed by atoms with van der Waals surface area (Å²) in [4.78, 5) is 36.4. The van der Waals surface area contributed by atoms with E-state index >= 15 is 0 Å². The van der Waals surface area contributed by atoms with Crippen molar-refractivity contribution in [3.8, 4) is 34.3 Å². The minimum Gasteiger partial charge on any atom is -0.508 e. The van der Waals surface area contributed by atoms with E-state index in [-0.39, 0.29) is 28.4 Å². The summed E-state index contributed by atoms with van der Waals surface area (Å²) in [5.41, 5.74) is -1.32. The molecule has 10 atom stereocenters. The summed E-state index contributed by atoms with van der Waals surface area (Å²) < 4.78 is 32.8. The van der Waals surface area contributed by atoms with Gasteiger partial charge in [-0.1, -0.05) is 0 Å². The number of hydrogen-bond acceptors (Lipinski definition) is 18. The predicted octanol–water partition coefficient (Wildman–Crippen LogP) is -2.75. The molecule has 0 radical (unpaired) electrons. The monoisotopic (exact) mass is 696 g/mol. The number of phenols is 2. The van der Waals surface area contributed by atoms with Crippen LogP contribution in [0.1, 0.15) is 6.42 Å². The Morgan fingerprint density at radius 1 is 0.776 bits per heavy atom. The summed E-state index contributed by atoms with van der Waals surface area (Å²) in [7, 11) is 0. The normalized spacial score (nSPS) is 30.1. The molecule has 19 nitrogen and oxygen atoms in total. The number of carboxylic acid groups (broad SMARTS) is 1. The first-order valence-electron chi connectivity index (χ1n) is 14.5. The third-order valence-corrected chi connectivity index (χ3v) is 7.74. The van der Waals surface area contributed by atoms with E-state index in [9.17, 15) is 60.3 Å². The number of ether oxygens (including phenoxy) is 5. The number of benzene rings is 2. The molecule has 0 spiro atoms. The molecule has 2 aliphatic heterocycles. The summed E-state index contributed by atoms with van der Waals surface area (Å²) in [6, 6.07) is 7.08. The van der Waals surface area contributed by atoms with Crippen LogP contribution in [0.5, 0.6) is 23.0 Å². The van der Waals surface area contributed by atoms with E-state index in [1.165, 1.54) is 24.3 Å². The summed E-state index contributed by atoms with van der Waals surface area (Å²) >= 11 is 0. The van der Waals surface area contributed by atoms with Crippen LogP contribution in [0, 0.1) is 0 Å². The Morgan fingerprint density at radius 2 is 1.37 bits per heavy atom. The van der Waals surface area contributed by atoms with Crippen molar-refractivity contribution in [1.82, 2.24) is 0 Å². The molecule has 1 aromatic heterocycles. The number of hydrogen-bond donors (Lipinski definition) is 10. The molecule has 0 aliphatic carbocycles.